The summed E-state index contributed by atoms with van der Waals surface area (Å²) in [6.07, 6.45) is 1.61. The van der Waals surface area contributed by atoms with Crippen LogP contribution in [0, 0.1) is 0 Å². The summed E-state index contributed by atoms with van der Waals surface area (Å²) in [4.78, 5) is 25.1. The number of carboxylic acids is 1. The Morgan fingerprint density at radius 1 is 1.26 bits per heavy atom. The van der Waals surface area contributed by atoms with Gasteiger partial charge in [0.05, 0.1) is 24.0 Å². The number of hydrogen-bond donors (Lipinski definition) is 0. The first kappa shape index (κ1) is 23.4. The van der Waals surface area contributed by atoms with Crippen LogP contribution >= 0.6 is 47.2 Å². The lowest BCUT2D eigenvalue weighted by Crippen LogP contribution is -2.48. The first-order valence-corrected chi connectivity index (χ1v) is 10.9. The van der Waals surface area contributed by atoms with E-state index in [9.17, 15) is 14.7 Å². The largest absolute Gasteiger partial charge is 0.548 e. The van der Waals surface area contributed by atoms with E-state index in [-0.39, 0.29) is 10.9 Å². The second-order valence-corrected chi connectivity index (χ2v) is 8.94. The van der Waals surface area contributed by atoms with Crippen LogP contribution in [-0.2, 0) is 16.2 Å². The van der Waals surface area contributed by atoms with Gasteiger partial charge in [0.15, 0.2) is 11.5 Å². The highest BCUT2D eigenvalue weighted by Gasteiger charge is 2.35. The molecule has 31 heavy (non-hydrogen) atoms. The van der Waals surface area contributed by atoms with Gasteiger partial charge in [0.25, 0.3) is 5.91 Å². The first-order chi connectivity index (χ1) is 14.7. The van der Waals surface area contributed by atoms with Crippen LogP contribution in [0.5, 0.6) is 11.5 Å². The number of carbonyl (C=O) groups is 2. The number of thioether (sulfide) groups is 1. The minimum atomic E-state index is -1.38. The van der Waals surface area contributed by atoms with Gasteiger partial charge >= 0.3 is 0 Å². The Kier molecular flexibility index (Phi) is 7.48. The maximum Gasteiger partial charge on any atom is 0.266 e. The summed E-state index contributed by atoms with van der Waals surface area (Å²) in [5.41, 5.74) is 1.31. The third-order valence-corrected chi connectivity index (χ3v) is 6.51. The Morgan fingerprint density at radius 2 is 1.94 bits per heavy atom. The number of methoxy groups -OCH3 is 1. The fourth-order valence-electron chi connectivity index (χ4n) is 2.78. The third-order valence-electron chi connectivity index (χ3n) is 4.47. The molecule has 1 heterocycles. The van der Waals surface area contributed by atoms with E-state index in [1.165, 1.54) is 14.0 Å². The summed E-state index contributed by atoms with van der Waals surface area (Å²) in [6, 6.07) is 9.17. The Labute approximate surface area is 198 Å². The second kappa shape index (κ2) is 9.91. The van der Waals surface area contributed by atoms with Gasteiger partial charge in [0.1, 0.15) is 10.9 Å². The summed E-state index contributed by atoms with van der Waals surface area (Å²) < 4.78 is 11.4. The van der Waals surface area contributed by atoms with Crippen LogP contribution in [0.15, 0.2) is 41.3 Å². The van der Waals surface area contributed by atoms with E-state index in [1.54, 1.807) is 42.5 Å². The van der Waals surface area contributed by atoms with Crippen LogP contribution in [0.3, 0.4) is 0 Å². The average molecular weight is 497 g/mol. The fraction of sp³-hybridized carbons (Fsp3) is 0.190. The monoisotopic (exact) mass is 496 g/mol. The van der Waals surface area contributed by atoms with Gasteiger partial charge in [0.2, 0.25) is 0 Å². The number of amides is 1. The highest BCUT2D eigenvalue weighted by molar-refractivity contribution is 8.26. The Hall–Kier alpha value is -2.26. The molecule has 2 aromatic carbocycles. The number of hydrogen-bond acceptors (Lipinski definition) is 7. The van der Waals surface area contributed by atoms with Crippen LogP contribution in [-0.4, -0.2) is 34.2 Å². The van der Waals surface area contributed by atoms with E-state index in [1.807, 2.05) is 0 Å². The summed E-state index contributed by atoms with van der Waals surface area (Å²) in [7, 11) is 1.50. The molecule has 10 heteroatoms. The van der Waals surface area contributed by atoms with Gasteiger partial charge in [-0.05, 0) is 42.8 Å². The molecule has 2 aromatic rings. The summed E-state index contributed by atoms with van der Waals surface area (Å²) >= 11 is 18.5. The molecule has 0 spiro atoms. The number of aliphatic carboxylic acids is 1. The predicted octanol–water partition coefficient (Wildman–Crippen LogP) is 3.92. The number of nitrogens with zero attached hydrogens (tertiary/aromatic N) is 1. The lowest BCUT2D eigenvalue weighted by molar-refractivity contribution is -0.309. The molecule has 0 aromatic heterocycles. The van der Waals surface area contributed by atoms with E-state index in [0.29, 0.717) is 37.6 Å². The molecule has 1 saturated heterocycles. The van der Waals surface area contributed by atoms with Gasteiger partial charge in [-0.2, -0.15) is 0 Å². The van der Waals surface area contributed by atoms with E-state index in [0.717, 1.165) is 16.7 Å². The number of carbonyl (C=O) groups excluding carboxylic acids is 2. The highest BCUT2D eigenvalue weighted by Crippen LogP contribution is 2.36. The number of ether oxygens (including phenoxy) is 2. The smallest absolute Gasteiger partial charge is 0.266 e. The minimum Gasteiger partial charge on any atom is -0.548 e. The topological polar surface area (TPSA) is 78.9 Å². The Bertz CT molecular complexity index is 1070. The molecule has 1 aliphatic rings. The molecule has 1 atom stereocenters. The SMILES string of the molecule is COc1cc(C=C2SC(=S)N(C(C)C(=O)[O-])C2=O)ccc1OCc1c(Cl)cccc1Cl. The van der Waals surface area contributed by atoms with Gasteiger partial charge < -0.3 is 19.4 Å². The molecule has 1 fully saturated rings. The summed E-state index contributed by atoms with van der Waals surface area (Å²) in [5, 5.41) is 12.1. The van der Waals surface area contributed by atoms with Crippen LogP contribution in [0.25, 0.3) is 6.08 Å². The van der Waals surface area contributed by atoms with Crippen molar-refractivity contribution in [2.24, 2.45) is 0 Å². The maximum atomic E-state index is 12.6. The van der Waals surface area contributed by atoms with E-state index in [4.69, 9.17) is 44.9 Å². The van der Waals surface area contributed by atoms with Crippen molar-refractivity contribution < 1.29 is 24.2 Å². The van der Waals surface area contributed by atoms with Gasteiger partial charge in [-0.1, -0.05) is 59.3 Å². The molecule has 1 amide bonds. The minimum absolute atomic E-state index is 0.147. The van der Waals surface area contributed by atoms with Crippen molar-refractivity contribution >= 4 is 69.5 Å². The molecular weight excluding hydrogens is 481 g/mol. The predicted molar refractivity (Wildman–Crippen MR) is 123 cm³/mol. The van der Waals surface area contributed by atoms with Crippen molar-refractivity contribution in [3.63, 3.8) is 0 Å². The van der Waals surface area contributed by atoms with Crippen molar-refractivity contribution in [2.75, 3.05) is 7.11 Å². The maximum absolute atomic E-state index is 12.6. The first-order valence-electron chi connectivity index (χ1n) is 8.94. The van der Waals surface area contributed by atoms with Crippen molar-refractivity contribution in [1.29, 1.82) is 0 Å². The number of carboxylic acid groups (broad SMARTS) is 1. The molecule has 0 N–H and O–H groups in total. The van der Waals surface area contributed by atoms with Crippen molar-refractivity contribution in [2.45, 2.75) is 19.6 Å². The van der Waals surface area contributed by atoms with Crippen LogP contribution in [0.2, 0.25) is 10.0 Å². The molecule has 0 saturated carbocycles. The van der Waals surface area contributed by atoms with E-state index >= 15 is 0 Å². The number of benzene rings is 2. The fourth-order valence-corrected chi connectivity index (χ4v) is 4.71. The zero-order chi connectivity index (χ0) is 22.7. The van der Waals surface area contributed by atoms with Gasteiger partial charge in [-0.25, -0.2) is 0 Å². The lowest BCUT2D eigenvalue weighted by Gasteiger charge is -2.23. The normalized spacial score (nSPS) is 16.0. The van der Waals surface area contributed by atoms with E-state index in [2.05, 4.69) is 0 Å². The van der Waals surface area contributed by atoms with Gasteiger partial charge in [0, 0.05) is 15.6 Å². The molecule has 0 aliphatic carbocycles. The van der Waals surface area contributed by atoms with Crippen LogP contribution < -0.4 is 14.6 Å². The molecular formula is C21H16Cl2NO5S2-. The number of halogens is 2. The summed E-state index contributed by atoms with van der Waals surface area (Å²) in [5.74, 6) is -0.956. The van der Waals surface area contributed by atoms with Crippen LogP contribution in [0.4, 0.5) is 0 Å². The number of thiocarbonyl (C=S) groups is 1. The highest BCUT2D eigenvalue weighted by atomic mass is 35.5. The standard InChI is InChI=1S/C21H17Cl2NO5S2/c1-11(20(26)27)24-19(25)18(31-21(24)30)9-12-6-7-16(17(8-12)28-2)29-10-13-14(22)4-3-5-15(13)23/h3-9,11H,10H2,1-2H3,(H,26,27)/p-1. The molecule has 6 nitrogen and oxygen atoms in total. The average Bonchev–Trinajstić information content (AvgIpc) is 3.00. The molecule has 1 aliphatic heterocycles. The Balaban J connectivity index is 1.81. The van der Waals surface area contributed by atoms with Crippen molar-refractivity contribution in [1.82, 2.24) is 4.90 Å². The zero-order valence-electron chi connectivity index (χ0n) is 16.4. The zero-order valence-corrected chi connectivity index (χ0v) is 19.5. The Morgan fingerprint density at radius 3 is 2.55 bits per heavy atom. The summed E-state index contributed by atoms with van der Waals surface area (Å²) in [6.45, 7) is 1.50. The van der Waals surface area contributed by atoms with Crippen molar-refractivity contribution in [3.05, 3.63) is 62.5 Å². The van der Waals surface area contributed by atoms with Crippen LogP contribution in [0.1, 0.15) is 18.1 Å². The number of rotatable bonds is 7. The molecule has 162 valence electrons. The molecule has 0 radical (unpaired) electrons. The lowest BCUT2D eigenvalue weighted by atomic mass is 10.1. The third kappa shape index (κ3) is 5.15. The van der Waals surface area contributed by atoms with Crippen molar-refractivity contribution in [3.8, 4) is 11.5 Å². The van der Waals surface area contributed by atoms with Gasteiger partial charge in [-0.3, -0.25) is 9.69 Å². The molecule has 1 unspecified atom stereocenters. The molecule has 3 rings (SSSR count). The quantitative estimate of drug-likeness (QED) is 0.424. The second-order valence-electron chi connectivity index (χ2n) is 6.45. The van der Waals surface area contributed by atoms with E-state index < -0.39 is 17.9 Å². The van der Waals surface area contributed by atoms with Gasteiger partial charge in [-0.15, -0.1) is 0 Å². The molecule has 0 bridgehead atoms.